The maximum absolute atomic E-state index is 12.0. The smallest absolute Gasteiger partial charge is 0.279 e. The largest absolute Gasteiger partial charge is 0.315 e. The van der Waals surface area contributed by atoms with E-state index in [1.807, 2.05) is 0 Å². The molecule has 2 atom stereocenters. The lowest BCUT2D eigenvalue weighted by Crippen LogP contribution is -2.51. The first-order valence-electron chi connectivity index (χ1n) is 6.06. The Morgan fingerprint density at radius 1 is 1.25 bits per heavy atom. The van der Waals surface area contributed by atoms with Crippen molar-refractivity contribution < 1.29 is 8.42 Å². The molecular formula is C10H21N3O2S. The minimum Gasteiger partial charge on any atom is -0.315 e. The molecule has 2 heterocycles. The van der Waals surface area contributed by atoms with E-state index in [0.717, 1.165) is 32.4 Å². The zero-order valence-electron chi connectivity index (χ0n) is 9.78. The van der Waals surface area contributed by atoms with Crippen LogP contribution in [0.15, 0.2) is 0 Å². The molecule has 5 nitrogen and oxygen atoms in total. The SMILES string of the molecule is CC1CNCC(NS(=O)(=O)N2CCCC2)C1. The van der Waals surface area contributed by atoms with Crippen molar-refractivity contribution in [3.63, 3.8) is 0 Å². The second kappa shape index (κ2) is 5.00. The standard InChI is InChI=1S/C10H21N3O2S/c1-9-6-10(8-11-7-9)12-16(14,15)13-4-2-3-5-13/h9-12H,2-8H2,1H3. The highest BCUT2D eigenvalue weighted by Crippen LogP contribution is 2.14. The number of rotatable bonds is 3. The number of nitrogens with zero attached hydrogens (tertiary/aromatic N) is 1. The molecule has 2 N–H and O–H groups in total. The fraction of sp³-hybridized carbons (Fsp3) is 1.00. The van der Waals surface area contributed by atoms with Crippen molar-refractivity contribution in [3.05, 3.63) is 0 Å². The highest BCUT2D eigenvalue weighted by Gasteiger charge is 2.29. The van der Waals surface area contributed by atoms with Crippen molar-refractivity contribution >= 4 is 10.2 Å². The van der Waals surface area contributed by atoms with E-state index in [2.05, 4.69) is 17.0 Å². The lowest BCUT2D eigenvalue weighted by Gasteiger charge is -2.29. The molecule has 0 bridgehead atoms. The second-order valence-corrected chi connectivity index (χ2v) is 6.63. The Morgan fingerprint density at radius 2 is 1.94 bits per heavy atom. The first-order chi connectivity index (χ1) is 7.58. The summed E-state index contributed by atoms with van der Waals surface area (Å²) < 4.78 is 28.4. The lowest BCUT2D eigenvalue weighted by molar-refractivity contribution is 0.339. The summed E-state index contributed by atoms with van der Waals surface area (Å²) in [4.78, 5) is 0. The minimum absolute atomic E-state index is 0.0503. The zero-order valence-corrected chi connectivity index (χ0v) is 10.6. The van der Waals surface area contributed by atoms with E-state index in [-0.39, 0.29) is 6.04 Å². The van der Waals surface area contributed by atoms with Gasteiger partial charge in [-0.2, -0.15) is 17.4 Å². The summed E-state index contributed by atoms with van der Waals surface area (Å²) in [6.45, 7) is 5.22. The first-order valence-corrected chi connectivity index (χ1v) is 7.50. The molecule has 0 aliphatic carbocycles. The summed E-state index contributed by atoms with van der Waals surface area (Å²) in [7, 11) is -3.24. The molecule has 94 valence electrons. The molecule has 2 rings (SSSR count). The highest BCUT2D eigenvalue weighted by atomic mass is 32.2. The summed E-state index contributed by atoms with van der Waals surface area (Å²) in [6.07, 6.45) is 2.90. The van der Waals surface area contributed by atoms with Gasteiger partial charge in [0.15, 0.2) is 0 Å². The van der Waals surface area contributed by atoms with Crippen LogP contribution in [0.1, 0.15) is 26.2 Å². The Hall–Kier alpha value is -0.170. The molecule has 2 fully saturated rings. The molecule has 6 heteroatoms. The van der Waals surface area contributed by atoms with E-state index < -0.39 is 10.2 Å². The second-order valence-electron chi connectivity index (χ2n) is 4.93. The van der Waals surface area contributed by atoms with Crippen LogP contribution in [-0.2, 0) is 10.2 Å². The van der Waals surface area contributed by atoms with Gasteiger partial charge in [0.2, 0.25) is 0 Å². The molecule has 0 saturated carbocycles. The van der Waals surface area contributed by atoms with Crippen LogP contribution < -0.4 is 10.0 Å². The Kier molecular flexibility index (Phi) is 3.84. The van der Waals surface area contributed by atoms with Crippen LogP contribution in [0.4, 0.5) is 0 Å². The summed E-state index contributed by atoms with van der Waals surface area (Å²) >= 11 is 0. The molecular weight excluding hydrogens is 226 g/mol. The van der Waals surface area contributed by atoms with Crippen LogP contribution in [0, 0.1) is 5.92 Å². The predicted molar refractivity (Wildman–Crippen MR) is 63.3 cm³/mol. The van der Waals surface area contributed by atoms with E-state index in [1.165, 1.54) is 0 Å². The van der Waals surface area contributed by atoms with Crippen molar-refractivity contribution in [2.24, 2.45) is 5.92 Å². The van der Waals surface area contributed by atoms with Gasteiger partial charge in [0.25, 0.3) is 10.2 Å². The van der Waals surface area contributed by atoms with Gasteiger partial charge >= 0.3 is 0 Å². The fourth-order valence-electron chi connectivity index (χ4n) is 2.46. The van der Waals surface area contributed by atoms with Gasteiger partial charge in [-0.15, -0.1) is 0 Å². The van der Waals surface area contributed by atoms with E-state index in [1.54, 1.807) is 4.31 Å². The molecule has 0 aromatic rings. The molecule has 0 radical (unpaired) electrons. The third kappa shape index (κ3) is 2.94. The van der Waals surface area contributed by atoms with E-state index in [9.17, 15) is 8.42 Å². The lowest BCUT2D eigenvalue weighted by atomic mass is 9.99. The Morgan fingerprint density at radius 3 is 2.56 bits per heavy atom. The van der Waals surface area contributed by atoms with Crippen LogP contribution in [0.5, 0.6) is 0 Å². The van der Waals surface area contributed by atoms with Crippen LogP contribution >= 0.6 is 0 Å². The number of hydrogen-bond acceptors (Lipinski definition) is 3. The average molecular weight is 247 g/mol. The first kappa shape index (κ1) is 12.3. The molecule has 2 aliphatic heterocycles. The van der Waals surface area contributed by atoms with Gasteiger partial charge in [-0.1, -0.05) is 6.92 Å². The molecule has 16 heavy (non-hydrogen) atoms. The molecule has 2 saturated heterocycles. The monoisotopic (exact) mass is 247 g/mol. The van der Waals surface area contributed by atoms with E-state index in [4.69, 9.17) is 0 Å². The Bertz CT molecular complexity index is 325. The number of piperidine rings is 1. The fourth-order valence-corrected chi connectivity index (χ4v) is 3.95. The van der Waals surface area contributed by atoms with Crippen molar-refractivity contribution in [3.8, 4) is 0 Å². The Balaban J connectivity index is 1.92. The summed E-state index contributed by atoms with van der Waals surface area (Å²) in [6, 6.07) is 0.0503. The van der Waals surface area contributed by atoms with E-state index in [0.29, 0.717) is 19.0 Å². The van der Waals surface area contributed by atoms with Gasteiger partial charge in [0.05, 0.1) is 0 Å². The summed E-state index contributed by atoms with van der Waals surface area (Å²) in [5, 5.41) is 3.25. The zero-order chi connectivity index (χ0) is 11.6. The van der Waals surface area contributed by atoms with Crippen molar-refractivity contribution in [1.82, 2.24) is 14.3 Å². The third-order valence-corrected chi connectivity index (χ3v) is 4.97. The number of hydrogen-bond donors (Lipinski definition) is 2. The van der Waals surface area contributed by atoms with Crippen molar-refractivity contribution in [2.75, 3.05) is 26.2 Å². The molecule has 0 aromatic carbocycles. The van der Waals surface area contributed by atoms with E-state index >= 15 is 0 Å². The molecule has 0 aromatic heterocycles. The summed E-state index contributed by atoms with van der Waals surface area (Å²) in [5.74, 6) is 0.542. The van der Waals surface area contributed by atoms with Crippen LogP contribution in [0.3, 0.4) is 0 Å². The van der Waals surface area contributed by atoms with Gasteiger partial charge in [-0.3, -0.25) is 0 Å². The molecule has 2 unspecified atom stereocenters. The maximum atomic E-state index is 12.0. The minimum atomic E-state index is -3.24. The molecule has 0 amide bonds. The molecule has 2 aliphatic rings. The van der Waals surface area contributed by atoms with Gasteiger partial charge in [-0.25, -0.2) is 0 Å². The normalized spacial score (nSPS) is 33.1. The van der Waals surface area contributed by atoms with Gasteiger partial charge in [0, 0.05) is 25.7 Å². The van der Waals surface area contributed by atoms with Crippen molar-refractivity contribution in [2.45, 2.75) is 32.2 Å². The average Bonchev–Trinajstić information content (AvgIpc) is 2.69. The topological polar surface area (TPSA) is 61.4 Å². The van der Waals surface area contributed by atoms with Crippen LogP contribution in [0.2, 0.25) is 0 Å². The predicted octanol–water partition coefficient (Wildman–Crippen LogP) is -0.0854. The molecule has 0 spiro atoms. The van der Waals surface area contributed by atoms with Crippen LogP contribution in [-0.4, -0.2) is 44.9 Å². The van der Waals surface area contributed by atoms with Gasteiger partial charge in [0.1, 0.15) is 0 Å². The highest BCUT2D eigenvalue weighted by molar-refractivity contribution is 7.87. The quantitative estimate of drug-likeness (QED) is 0.733. The van der Waals surface area contributed by atoms with Gasteiger partial charge < -0.3 is 5.32 Å². The van der Waals surface area contributed by atoms with Crippen molar-refractivity contribution in [1.29, 1.82) is 0 Å². The van der Waals surface area contributed by atoms with Crippen LogP contribution in [0.25, 0.3) is 0 Å². The van der Waals surface area contributed by atoms with Gasteiger partial charge in [-0.05, 0) is 31.7 Å². The third-order valence-electron chi connectivity index (χ3n) is 3.29. The Labute approximate surface area is 97.8 Å². The summed E-state index contributed by atoms with van der Waals surface area (Å²) in [5.41, 5.74) is 0. The number of nitrogens with one attached hydrogen (secondary N) is 2. The maximum Gasteiger partial charge on any atom is 0.279 e.